The molecule has 4 nitrogen and oxygen atoms in total. The zero-order valence-corrected chi connectivity index (χ0v) is 11.4. The largest absolute Gasteiger partial charge is 0.481 e. The van der Waals surface area contributed by atoms with Crippen molar-refractivity contribution < 1.29 is 9.90 Å². The summed E-state index contributed by atoms with van der Waals surface area (Å²) in [4.78, 5) is 12.9. The van der Waals surface area contributed by atoms with Crippen LogP contribution in [0.5, 0.6) is 0 Å². The van der Waals surface area contributed by atoms with Gasteiger partial charge in [-0.3, -0.25) is 4.79 Å². The fraction of sp³-hybridized carbons (Fsp3) is 0.846. The van der Waals surface area contributed by atoms with Crippen LogP contribution < -0.4 is 0 Å². The van der Waals surface area contributed by atoms with E-state index in [4.69, 9.17) is 10.4 Å². The second kappa shape index (κ2) is 7.29. The van der Waals surface area contributed by atoms with Crippen molar-refractivity contribution in [3.8, 4) is 6.07 Å². The summed E-state index contributed by atoms with van der Waals surface area (Å²) in [5.74, 6) is -1.08. The molecule has 4 heteroatoms. The van der Waals surface area contributed by atoms with Gasteiger partial charge >= 0.3 is 5.97 Å². The van der Waals surface area contributed by atoms with E-state index in [1.54, 1.807) is 6.92 Å². The molecule has 0 fully saturated rings. The van der Waals surface area contributed by atoms with Crippen molar-refractivity contribution in [3.05, 3.63) is 0 Å². The Hall–Kier alpha value is -1.08. The Morgan fingerprint density at radius 2 is 2.12 bits per heavy atom. The van der Waals surface area contributed by atoms with E-state index < -0.39 is 5.97 Å². The predicted octanol–water partition coefficient (Wildman–Crippen LogP) is 2.36. The van der Waals surface area contributed by atoms with Gasteiger partial charge in [0.15, 0.2) is 0 Å². The summed E-state index contributed by atoms with van der Waals surface area (Å²) in [5, 5.41) is 17.7. The molecular formula is C13H24N2O2. The van der Waals surface area contributed by atoms with Gasteiger partial charge < -0.3 is 10.0 Å². The molecule has 0 saturated carbocycles. The van der Waals surface area contributed by atoms with E-state index >= 15 is 0 Å². The molecule has 0 aliphatic rings. The van der Waals surface area contributed by atoms with Crippen LogP contribution in [-0.4, -0.2) is 35.6 Å². The van der Waals surface area contributed by atoms with E-state index in [-0.39, 0.29) is 11.3 Å². The molecule has 0 aliphatic heterocycles. The Morgan fingerprint density at radius 3 is 2.53 bits per heavy atom. The summed E-state index contributed by atoms with van der Waals surface area (Å²) < 4.78 is 0. The Labute approximate surface area is 104 Å². The van der Waals surface area contributed by atoms with Crippen LogP contribution in [0.15, 0.2) is 0 Å². The van der Waals surface area contributed by atoms with Gasteiger partial charge in [0.05, 0.1) is 17.4 Å². The maximum absolute atomic E-state index is 10.8. The van der Waals surface area contributed by atoms with Crippen molar-refractivity contribution in [3.63, 3.8) is 0 Å². The van der Waals surface area contributed by atoms with Crippen LogP contribution in [-0.2, 0) is 4.79 Å². The minimum atomic E-state index is -0.749. The highest BCUT2D eigenvalue weighted by molar-refractivity contribution is 5.69. The molecule has 1 unspecified atom stereocenters. The van der Waals surface area contributed by atoms with E-state index in [2.05, 4.69) is 11.0 Å². The second-order valence-electron chi connectivity index (χ2n) is 5.23. The number of carboxylic acids is 1. The third kappa shape index (κ3) is 6.96. The normalized spacial score (nSPS) is 13.4. The smallest absolute Gasteiger partial charge is 0.307 e. The third-order valence-electron chi connectivity index (χ3n) is 2.98. The summed E-state index contributed by atoms with van der Waals surface area (Å²) in [6.07, 6.45) is 1.78. The number of nitrogens with zero attached hydrogens (tertiary/aromatic N) is 2. The molecule has 0 aromatic carbocycles. The lowest BCUT2D eigenvalue weighted by molar-refractivity contribution is -0.141. The summed E-state index contributed by atoms with van der Waals surface area (Å²) in [6.45, 7) is 9.92. The van der Waals surface area contributed by atoms with Crippen LogP contribution in [0.2, 0.25) is 0 Å². The quantitative estimate of drug-likeness (QED) is 0.707. The van der Waals surface area contributed by atoms with E-state index in [0.29, 0.717) is 6.54 Å². The number of hydrogen-bond donors (Lipinski definition) is 1. The molecule has 0 radical (unpaired) electrons. The molecule has 0 bridgehead atoms. The molecule has 0 rings (SSSR count). The second-order valence-corrected chi connectivity index (χ2v) is 5.23. The number of hydrogen-bond acceptors (Lipinski definition) is 3. The number of carboxylic acid groups (broad SMARTS) is 1. The molecule has 0 aromatic rings. The fourth-order valence-corrected chi connectivity index (χ4v) is 1.64. The molecule has 17 heavy (non-hydrogen) atoms. The Balaban J connectivity index is 4.00. The highest BCUT2D eigenvalue weighted by Crippen LogP contribution is 2.20. The average molecular weight is 240 g/mol. The van der Waals surface area contributed by atoms with E-state index in [9.17, 15) is 4.79 Å². The van der Waals surface area contributed by atoms with Crippen molar-refractivity contribution in [2.45, 2.75) is 40.5 Å². The van der Waals surface area contributed by atoms with Gasteiger partial charge in [0.1, 0.15) is 0 Å². The molecule has 0 heterocycles. The van der Waals surface area contributed by atoms with E-state index in [1.165, 1.54) is 0 Å². The Kier molecular flexibility index (Phi) is 6.82. The van der Waals surface area contributed by atoms with Gasteiger partial charge in [-0.1, -0.05) is 13.8 Å². The van der Waals surface area contributed by atoms with Crippen molar-refractivity contribution in [2.24, 2.45) is 11.3 Å². The molecule has 98 valence electrons. The summed E-state index contributed by atoms with van der Waals surface area (Å²) >= 11 is 0. The summed E-state index contributed by atoms with van der Waals surface area (Å²) in [6, 6.07) is 2.28. The minimum absolute atomic E-state index is 0.280. The number of aliphatic carboxylic acids is 1. The predicted molar refractivity (Wildman–Crippen MR) is 67.5 cm³/mol. The van der Waals surface area contributed by atoms with Crippen molar-refractivity contribution in [2.75, 3.05) is 19.6 Å². The van der Waals surface area contributed by atoms with Gasteiger partial charge in [0.25, 0.3) is 0 Å². The first-order valence-corrected chi connectivity index (χ1v) is 6.18. The lowest BCUT2D eigenvalue weighted by Gasteiger charge is -2.24. The topological polar surface area (TPSA) is 64.3 Å². The van der Waals surface area contributed by atoms with Crippen LogP contribution in [0.25, 0.3) is 0 Å². The molecule has 0 amide bonds. The molecule has 1 N–H and O–H groups in total. The monoisotopic (exact) mass is 240 g/mol. The maximum atomic E-state index is 10.8. The van der Waals surface area contributed by atoms with Crippen molar-refractivity contribution >= 4 is 5.97 Å². The summed E-state index contributed by atoms with van der Waals surface area (Å²) in [5.41, 5.74) is -0.280. The maximum Gasteiger partial charge on any atom is 0.307 e. The zero-order chi connectivity index (χ0) is 13.5. The molecule has 0 aromatic heterocycles. The van der Waals surface area contributed by atoms with Crippen molar-refractivity contribution in [1.82, 2.24) is 4.90 Å². The van der Waals surface area contributed by atoms with Crippen LogP contribution in [0, 0.1) is 22.7 Å². The molecule has 0 saturated heterocycles. The number of carbonyl (C=O) groups is 1. The van der Waals surface area contributed by atoms with Gasteiger partial charge in [-0.05, 0) is 39.8 Å². The lowest BCUT2D eigenvalue weighted by Crippen LogP contribution is -2.33. The number of nitriles is 1. The first-order chi connectivity index (χ1) is 7.82. The van der Waals surface area contributed by atoms with Crippen LogP contribution >= 0.6 is 0 Å². The molecule has 1 atom stereocenters. The highest BCUT2D eigenvalue weighted by Gasteiger charge is 2.18. The van der Waals surface area contributed by atoms with Gasteiger partial charge in [-0.2, -0.15) is 5.26 Å². The standard InChI is InChI=1S/C13H24N2O2/c1-5-15(9-11(2)12(16)17)8-6-7-13(3,4)10-14/h11H,5-9H2,1-4H3,(H,16,17). The van der Waals surface area contributed by atoms with Crippen LogP contribution in [0.4, 0.5) is 0 Å². The summed E-state index contributed by atoms with van der Waals surface area (Å²) in [7, 11) is 0. The number of rotatable bonds is 8. The lowest BCUT2D eigenvalue weighted by atomic mass is 9.90. The van der Waals surface area contributed by atoms with E-state index in [1.807, 2.05) is 20.8 Å². The van der Waals surface area contributed by atoms with Gasteiger partial charge in [-0.15, -0.1) is 0 Å². The van der Waals surface area contributed by atoms with Gasteiger partial charge in [0, 0.05) is 6.54 Å². The molecular weight excluding hydrogens is 216 g/mol. The average Bonchev–Trinajstić information content (AvgIpc) is 2.27. The van der Waals surface area contributed by atoms with Crippen LogP contribution in [0.3, 0.4) is 0 Å². The van der Waals surface area contributed by atoms with Gasteiger partial charge in [0.2, 0.25) is 0 Å². The van der Waals surface area contributed by atoms with E-state index in [0.717, 1.165) is 25.9 Å². The molecule has 0 spiro atoms. The Morgan fingerprint density at radius 1 is 1.53 bits per heavy atom. The SMILES string of the molecule is CCN(CCCC(C)(C)C#N)CC(C)C(=O)O. The first-order valence-electron chi connectivity index (χ1n) is 6.18. The zero-order valence-electron chi connectivity index (χ0n) is 11.4. The van der Waals surface area contributed by atoms with Gasteiger partial charge in [-0.25, -0.2) is 0 Å². The highest BCUT2D eigenvalue weighted by atomic mass is 16.4. The van der Waals surface area contributed by atoms with Crippen LogP contribution in [0.1, 0.15) is 40.5 Å². The van der Waals surface area contributed by atoms with Crippen molar-refractivity contribution in [1.29, 1.82) is 5.26 Å². The minimum Gasteiger partial charge on any atom is -0.481 e. The third-order valence-corrected chi connectivity index (χ3v) is 2.98. The fourth-order valence-electron chi connectivity index (χ4n) is 1.64. The molecule has 0 aliphatic carbocycles. The Bertz CT molecular complexity index is 282. The first kappa shape index (κ1) is 15.9.